The first-order chi connectivity index (χ1) is 12.6. The van der Waals surface area contributed by atoms with Crippen LogP contribution in [-0.4, -0.2) is 44.2 Å². The molecule has 26 heavy (non-hydrogen) atoms. The van der Waals surface area contributed by atoms with Gasteiger partial charge in [0.25, 0.3) is 0 Å². The summed E-state index contributed by atoms with van der Waals surface area (Å²) in [6.07, 6.45) is 0. The molecule has 3 rings (SSSR count). The van der Waals surface area contributed by atoms with Gasteiger partial charge in [0.2, 0.25) is 0 Å². The second kappa shape index (κ2) is 8.32. The van der Waals surface area contributed by atoms with Gasteiger partial charge < -0.3 is 19.9 Å². The zero-order valence-electron chi connectivity index (χ0n) is 15.2. The quantitative estimate of drug-likeness (QED) is 0.889. The Hall–Kier alpha value is -2.40. The molecule has 0 spiro atoms. The third kappa shape index (κ3) is 4.22. The van der Waals surface area contributed by atoms with E-state index in [4.69, 9.17) is 16.3 Å². The lowest BCUT2D eigenvalue weighted by molar-refractivity contribution is 0.194. The number of anilines is 1. The summed E-state index contributed by atoms with van der Waals surface area (Å²) in [4.78, 5) is 16.6. The molecular formula is C20H24ClN3O2. The topological polar surface area (TPSA) is 44.8 Å². The van der Waals surface area contributed by atoms with Crippen LogP contribution in [0.3, 0.4) is 0 Å². The number of para-hydroxylation sites is 1. The summed E-state index contributed by atoms with van der Waals surface area (Å²) in [6, 6.07) is 13.8. The Morgan fingerprint density at radius 1 is 1.15 bits per heavy atom. The number of urea groups is 1. The highest BCUT2D eigenvalue weighted by Gasteiger charge is 2.21. The molecule has 0 saturated carbocycles. The molecular weight excluding hydrogens is 350 g/mol. The first-order valence-corrected chi connectivity index (χ1v) is 9.12. The van der Waals surface area contributed by atoms with Crippen LogP contribution in [0.15, 0.2) is 42.5 Å². The fourth-order valence-corrected chi connectivity index (χ4v) is 3.25. The number of methoxy groups -OCH3 is 1. The van der Waals surface area contributed by atoms with Gasteiger partial charge in [-0.25, -0.2) is 4.79 Å². The molecule has 0 radical (unpaired) electrons. The average Bonchev–Trinajstić information content (AvgIpc) is 2.68. The molecule has 0 aromatic heterocycles. The van der Waals surface area contributed by atoms with Crippen molar-refractivity contribution in [2.75, 3.05) is 38.2 Å². The van der Waals surface area contributed by atoms with Crippen LogP contribution in [0, 0.1) is 6.92 Å². The van der Waals surface area contributed by atoms with Gasteiger partial charge in [0, 0.05) is 49.0 Å². The zero-order chi connectivity index (χ0) is 18.5. The van der Waals surface area contributed by atoms with Crippen LogP contribution < -0.4 is 15.0 Å². The lowest BCUT2D eigenvalue weighted by Crippen LogP contribution is -2.51. The summed E-state index contributed by atoms with van der Waals surface area (Å²) < 4.78 is 5.32. The van der Waals surface area contributed by atoms with E-state index in [0.29, 0.717) is 19.6 Å². The number of piperazine rings is 1. The van der Waals surface area contributed by atoms with Crippen molar-refractivity contribution < 1.29 is 9.53 Å². The van der Waals surface area contributed by atoms with Gasteiger partial charge in [0.15, 0.2) is 0 Å². The molecule has 1 aliphatic heterocycles. The number of ether oxygens (including phenoxy) is 1. The lowest BCUT2D eigenvalue weighted by Gasteiger charge is -2.36. The lowest BCUT2D eigenvalue weighted by atomic mass is 10.2. The van der Waals surface area contributed by atoms with Crippen LogP contribution in [0.5, 0.6) is 5.75 Å². The summed E-state index contributed by atoms with van der Waals surface area (Å²) in [7, 11) is 1.64. The number of benzene rings is 2. The molecule has 1 fully saturated rings. The zero-order valence-corrected chi connectivity index (χ0v) is 15.9. The summed E-state index contributed by atoms with van der Waals surface area (Å²) in [6.45, 7) is 5.40. The molecule has 6 heteroatoms. The Morgan fingerprint density at radius 3 is 2.58 bits per heavy atom. The molecule has 0 bridgehead atoms. The van der Waals surface area contributed by atoms with Crippen LogP contribution in [0.2, 0.25) is 5.02 Å². The van der Waals surface area contributed by atoms with E-state index in [1.165, 1.54) is 0 Å². The van der Waals surface area contributed by atoms with Gasteiger partial charge in [0.05, 0.1) is 7.11 Å². The Labute approximate surface area is 159 Å². The minimum Gasteiger partial charge on any atom is -0.496 e. The van der Waals surface area contributed by atoms with E-state index in [2.05, 4.69) is 16.3 Å². The Balaban J connectivity index is 1.52. The second-order valence-electron chi connectivity index (χ2n) is 6.38. The molecule has 1 N–H and O–H groups in total. The third-order valence-corrected chi connectivity index (χ3v) is 5.12. The average molecular weight is 374 g/mol. The first-order valence-electron chi connectivity index (χ1n) is 8.74. The van der Waals surface area contributed by atoms with Crippen molar-refractivity contribution >= 4 is 23.3 Å². The molecule has 5 nitrogen and oxygen atoms in total. The van der Waals surface area contributed by atoms with Gasteiger partial charge in [-0.1, -0.05) is 35.9 Å². The number of nitrogens with zero attached hydrogens (tertiary/aromatic N) is 2. The fraction of sp³-hybridized carbons (Fsp3) is 0.350. The molecule has 0 atom stereocenters. The largest absolute Gasteiger partial charge is 0.496 e. The number of carbonyl (C=O) groups is 1. The van der Waals surface area contributed by atoms with Crippen molar-refractivity contribution in [3.05, 3.63) is 58.6 Å². The minimum atomic E-state index is -0.0440. The summed E-state index contributed by atoms with van der Waals surface area (Å²) >= 11 is 6.22. The standard InChI is InChI=1S/C20H24ClN3O2/c1-15-7-8-17(13-18(15)21)23-9-11-24(12-10-23)20(25)22-14-16-5-3-4-6-19(16)26-2/h3-8,13H,9-12,14H2,1-2H3,(H,22,25). The minimum absolute atomic E-state index is 0.0440. The van der Waals surface area contributed by atoms with Gasteiger partial charge in [-0.15, -0.1) is 0 Å². The SMILES string of the molecule is COc1ccccc1CNC(=O)N1CCN(c2ccc(C)c(Cl)c2)CC1. The predicted molar refractivity (Wildman–Crippen MR) is 105 cm³/mol. The molecule has 1 saturated heterocycles. The Morgan fingerprint density at radius 2 is 1.88 bits per heavy atom. The maximum Gasteiger partial charge on any atom is 0.317 e. The molecule has 1 heterocycles. The smallest absolute Gasteiger partial charge is 0.317 e. The first kappa shape index (κ1) is 18.4. The third-order valence-electron chi connectivity index (χ3n) is 4.71. The van der Waals surface area contributed by atoms with Crippen molar-refractivity contribution in [3.63, 3.8) is 0 Å². The number of aryl methyl sites for hydroxylation is 1. The second-order valence-corrected chi connectivity index (χ2v) is 6.79. The summed E-state index contributed by atoms with van der Waals surface area (Å²) in [5.41, 5.74) is 3.15. The van der Waals surface area contributed by atoms with Crippen LogP contribution in [0.1, 0.15) is 11.1 Å². The van der Waals surface area contributed by atoms with Gasteiger partial charge >= 0.3 is 6.03 Å². The van der Waals surface area contributed by atoms with Gasteiger partial charge in [0.1, 0.15) is 5.75 Å². The van der Waals surface area contributed by atoms with Crippen molar-refractivity contribution in [2.24, 2.45) is 0 Å². The van der Waals surface area contributed by atoms with E-state index in [9.17, 15) is 4.79 Å². The number of hydrogen-bond acceptors (Lipinski definition) is 3. The van der Waals surface area contributed by atoms with E-state index in [1.807, 2.05) is 48.2 Å². The van der Waals surface area contributed by atoms with E-state index in [0.717, 1.165) is 40.7 Å². The van der Waals surface area contributed by atoms with Crippen LogP contribution in [0.25, 0.3) is 0 Å². The molecule has 0 aliphatic carbocycles. The summed E-state index contributed by atoms with van der Waals surface area (Å²) in [5, 5.41) is 3.76. The van der Waals surface area contributed by atoms with Crippen molar-refractivity contribution in [2.45, 2.75) is 13.5 Å². The highest BCUT2D eigenvalue weighted by molar-refractivity contribution is 6.31. The number of carbonyl (C=O) groups excluding carboxylic acids is 1. The molecule has 0 unspecified atom stereocenters. The highest BCUT2D eigenvalue weighted by Crippen LogP contribution is 2.24. The number of halogens is 1. The van der Waals surface area contributed by atoms with Crippen LogP contribution in [0.4, 0.5) is 10.5 Å². The van der Waals surface area contributed by atoms with Crippen LogP contribution in [-0.2, 0) is 6.54 Å². The van der Waals surface area contributed by atoms with Gasteiger partial charge in [-0.2, -0.15) is 0 Å². The maximum absolute atomic E-state index is 12.4. The number of amides is 2. The fourth-order valence-electron chi connectivity index (χ4n) is 3.08. The number of rotatable bonds is 4. The molecule has 1 aliphatic rings. The maximum atomic E-state index is 12.4. The normalized spacial score (nSPS) is 14.3. The van der Waals surface area contributed by atoms with E-state index in [-0.39, 0.29) is 6.03 Å². The number of hydrogen-bond donors (Lipinski definition) is 1. The Bertz CT molecular complexity index is 773. The van der Waals surface area contributed by atoms with Gasteiger partial charge in [-0.3, -0.25) is 0 Å². The van der Waals surface area contributed by atoms with E-state index in [1.54, 1.807) is 7.11 Å². The molecule has 2 aromatic carbocycles. The van der Waals surface area contributed by atoms with E-state index >= 15 is 0 Å². The number of nitrogens with one attached hydrogen (secondary N) is 1. The predicted octanol–water partition coefficient (Wildman–Crippen LogP) is 3.69. The van der Waals surface area contributed by atoms with Crippen molar-refractivity contribution in [1.29, 1.82) is 0 Å². The van der Waals surface area contributed by atoms with Gasteiger partial charge in [-0.05, 0) is 30.7 Å². The van der Waals surface area contributed by atoms with Crippen LogP contribution >= 0.6 is 11.6 Å². The highest BCUT2D eigenvalue weighted by atomic mass is 35.5. The van der Waals surface area contributed by atoms with Crippen molar-refractivity contribution in [1.82, 2.24) is 10.2 Å². The van der Waals surface area contributed by atoms with E-state index < -0.39 is 0 Å². The molecule has 2 aromatic rings. The monoisotopic (exact) mass is 373 g/mol. The molecule has 2 amide bonds. The summed E-state index contributed by atoms with van der Waals surface area (Å²) in [5.74, 6) is 0.786. The van der Waals surface area contributed by atoms with Crippen molar-refractivity contribution in [3.8, 4) is 5.75 Å². The molecule has 138 valence electrons. The Kier molecular flexibility index (Phi) is 5.89.